The maximum atomic E-state index is 12.1. The number of rotatable bonds is 5. The minimum absolute atomic E-state index is 0.0687. The fraction of sp³-hybridized carbons (Fsp3) is 0.800. The van der Waals surface area contributed by atoms with Crippen molar-refractivity contribution in [3.05, 3.63) is 11.7 Å². The van der Waals surface area contributed by atoms with Crippen molar-refractivity contribution in [2.24, 2.45) is 0 Å². The average molecular weight is 251 g/mol. The van der Waals surface area contributed by atoms with Gasteiger partial charge in [0.15, 0.2) is 5.82 Å². The molecule has 0 bridgehead atoms. The second kappa shape index (κ2) is 5.48. The molecule has 0 radical (unpaired) electrons. The molecule has 4 nitrogen and oxygen atoms in total. The predicted molar refractivity (Wildman–Crippen MR) is 55.6 cm³/mol. The zero-order valence-corrected chi connectivity index (χ0v) is 10.0. The first kappa shape index (κ1) is 14.0. The normalized spacial score (nSPS) is 15.9. The van der Waals surface area contributed by atoms with Crippen LogP contribution >= 0.6 is 0 Å². The van der Waals surface area contributed by atoms with Crippen LogP contribution < -0.4 is 5.32 Å². The summed E-state index contributed by atoms with van der Waals surface area (Å²) in [4.78, 5) is 3.76. The Morgan fingerprint density at radius 3 is 2.53 bits per heavy atom. The van der Waals surface area contributed by atoms with Crippen molar-refractivity contribution in [1.82, 2.24) is 15.5 Å². The molecule has 1 aromatic rings. The molecule has 0 aromatic carbocycles. The van der Waals surface area contributed by atoms with E-state index >= 15 is 0 Å². The minimum atomic E-state index is -4.31. The summed E-state index contributed by atoms with van der Waals surface area (Å²) in [7, 11) is 0. The second-order valence-electron chi connectivity index (χ2n) is 3.98. The first-order valence-corrected chi connectivity index (χ1v) is 5.46. The molecule has 0 fully saturated rings. The van der Waals surface area contributed by atoms with Gasteiger partial charge in [0.2, 0.25) is 5.89 Å². The van der Waals surface area contributed by atoms with Crippen molar-refractivity contribution in [1.29, 1.82) is 0 Å². The van der Waals surface area contributed by atoms with Gasteiger partial charge in [0, 0.05) is 6.04 Å². The Morgan fingerprint density at radius 1 is 1.35 bits per heavy atom. The van der Waals surface area contributed by atoms with E-state index in [0.717, 1.165) is 6.54 Å². The summed E-state index contributed by atoms with van der Waals surface area (Å²) in [5.41, 5.74) is 0. The molecule has 1 N–H and O–H groups in total. The standard InChI is InChI=1S/C10H16F3N3O/c1-4-14-7(3)6(2)9-15-8(16-17-9)5-10(11,12)13/h6-7,14H,4-5H2,1-3H3. The number of aromatic nitrogens is 2. The summed E-state index contributed by atoms with van der Waals surface area (Å²) in [6, 6.07) is 0.0687. The molecule has 2 atom stereocenters. The van der Waals surface area contributed by atoms with Crippen LogP contribution in [0.5, 0.6) is 0 Å². The predicted octanol–water partition coefficient (Wildman–Crippen LogP) is 2.28. The lowest BCUT2D eigenvalue weighted by molar-refractivity contribution is -0.128. The Balaban J connectivity index is 2.67. The Morgan fingerprint density at radius 2 is 2.00 bits per heavy atom. The molecule has 98 valence electrons. The van der Waals surface area contributed by atoms with Crippen LogP contribution in [-0.2, 0) is 6.42 Å². The number of nitrogens with zero attached hydrogens (tertiary/aromatic N) is 2. The van der Waals surface area contributed by atoms with E-state index in [-0.39, 0.29) is 23.7 Å². The van der Waals surface area contributed by atoms with Crippen LogP contribution in [0, 0.1) is 0 Å². The van der Waals surface area contributed by atoms with E-state index in [2.05, 4.69) is 15.5 Å². The molecule has 7 heteroatoms. The van der Waals surface area contributed by atoms with E-state index in [9.17, 15) is 13.2 Å². The van der Waals surface area contributed by atoms with E-state index in [1.165, 1.54) is 0 Å². The molecule has 1 rings (SSSR count). The Labute approximate surface area is 97.6 Å². The molecule has 0 aliphatic heterocycles. The molecule has 0 saturated heterocycles. The first-order valence-electron chi connectivity index (χ1n) is 5.46. The highest BCUT2D eigenvalue weighted by Gasteiger charge is 2.31. The lowest BCUT2D eigenvalue weighted by Crippen LogP contribution is -2.30. The monoisotopic (exact) mass is 251 g/mol. The van der Waals surface area contributed by atoms with Gasteiger partial charge >= 0.3 is 6.18 Å². The van der Waals surface area contributed by atoms with Gasteiger partial charge in [-0.25, -0.2) is 0 Å². The highest BCUT2D eigenvalue weighted by atomic mass is 19.4. The zero-order chi connectivity index (χ0) is 13.1. The maximum Gasteiger partial charge on any atom is 0.396 e. The van der Waals surface area contributed by atoms with Crippen molar-refractivity contribution in [2.45, 2.75) is 45.3 Å². The topological polar surface area (TPSA) is 51.0 Å². The van der Waals surface area contributed by atoms with Gasteiger partial charge in [-0.15, -0.1) is 0 Å². The summed E-state index contributed by atoms with van der Waals surface area (Å²) in [5, 5.41) is 6.48. The fourth-order valence-corrected chi connectivity index (χ4v) is 1.42. The van der Waals surface area contributed by atoms with E-state index in [1.807, 2.05) is 20.8 Å². The van der Waals surface area contributed by atoms with Gasteiger partial charge in [-0.3, -0.25) is 0 Å². The van der Waals surface area contributed by atoms with Crippen LogP contribution in [0.4, 0.5) is 13.2 Å². The summed E-state index contributed by atoms with van der Waals surface area (Å²) in [6.07, 6.45) is -5.46. The average Bonchev–Trinajstić information content (AvgIpc) is 2.62. The van der Waals surface area contributed by atoms with Crippen molar-refractivity contribution >= 4 is 0 Å². The van der Waals surface area contributed by atoms with Crippen LogP contribution in [0.15, 0.2) is 4.52 Å². The van der Waals surface area contributed by atoms with E-state index in [1.54, 1.807) is 0 Å². The van der Waals surface area contributed by atoms with E-state index < -0.39 is 12.6 Å². The van der Waals surface area contributed by atoms with Gasteiger partial charge in [0.05, 0.1) is 5.92 Å². The SMILES string of the molecule is CCNC(C)C(C)c1nc(CC(F)(F)F)no1. The molecule has 17 heavy (non-hydrogen) atoms. The summed E-state index contributed by atoms with van der Waals surface area (Å²) in [6.45, 7) is 6.47. The molecule has 0 saturated carbocycles. The zero-order valence-electron chi connectivity index (χ0n) is 10.0. The second-order valence-corrected chi connectivity index (χ2v) is 3.98. The highest BCUT2D eigenvalue weighted by molar-refractivity contribution is 4.97. The largest absolute Gasteiger partial charge is 0.396 e. The smallest absolute Gasteiger partial charge is 0.339 e. The molecule has 0 spiro atoms. The molecular weight excluding hydrogens is 235 g/mol. The molecule has 1 aromatic heterocycles. The van der Waals surface area contributed by atoms with Crippen LogP contribution in [0.1, 0.15) is 38.4 Å². The van der Waals surface area contributed by atoms with Gasteiger partial charge in [-0.2, -0.15) is 18.2 Å². The lowest BCUT2D eigenvalue weighted by Gasteiger charge is -2.16. The van der Waals surface area contributed by atoms with Crippen molar-refractivity contribution in [3.8, 4) is 0 Å². The lowest BCUT2D eigenvalue weighted by atomic mass is 10.0. The Kier molecular flexibility index (Phi) is 4.50. The third-order valence-corrected chi connectivity index (χ3v) is 2.51. The molecule has 0 aliphatic carbocycles. The van der Waals surface area contributed by atoms with Crippen LogP contribution in [0.2, 0.25) is 0 Å². The third kappa shape index (κ3) is 4.33. The van der Waals surface area contributed by atoms with Gasteiger partial charge in [0.1, 0.15) is 6.42 Å². The van der Waals surface area contributed by atoms with Crippen LogP contribution in [-0.4, -0.2) is 28.9 Å². The van der Waals surface area contributed by atoms with Gasteiger partial charge in [-0.05, 0) is 13.5 Å². The van der Waals surface area contributed by atoms with E-state index in [4.69, 9.17) is 4.52 Å². The Bertz CT molecular complexity index is 351. The summed E-state index contributed by atoms with van der Waals surface area (Å²) >= 11 is 0. The maximum absolute atomic E-state index is 12.1. The van der Waals surface area contributed by atoms with Crippen molar-refractivity contribution in [2.75, 3.05) is 6.54 Å². The first-order chi connectivity index (χ1) is 7.83. The summed E-state index contributed by atoms with van der Waals surface area (Å²) in [5.74, 6) is -0.204. The van der Waals surface area contributed by atoms with Gasteiger partial charge in [-0.1, -0.05) is 19.0 Å². The van der Waals surface area contributed by atoms with Crippen molar-refractivity contribution < 1.29 is 17.7 Å². The third-order valence-electron chi connectivity index (χ3n) is 2.51. The quantitative estimate of drug-likeness (QED) is 0.872. The number of halogens is 3. The molecule has 2 unspecified atom stereocenters. The number of hydrogen-bond donors (Lipinski definition) is 1. The van der Waals surface area contributed by atoms with Crippen molar-refractivity contribution in [3.63, 3.8) is 0 Å². The minimum Gasteiger partial charge on any atom is -0.339 e. The summed E-state index contributed by atoms with van der Waals surface area (Å²) < 4.78 is 41.1. The van der Waals surface area contributed by atoms with Gasteiger partial charge < -0.3 is 9.84 Å². The molecule has 0 aliphatic rings. The number of hydrogen-bond acceptors (Lipinski definition) is 4. The number of alkyl halides is 3. The fourth-order valence-electron chi connectivity index (χ4n) is 1.42. The Hall–Kier alpha value is -1.11. The van der Waals surface area contributed by atoms with Gasteiger partial charge in [0.25, 0.3) is 0 Å². The molecule has 0 amide bonds. The van der Waals surface area contributed by atoms with Crippen LogP contribution in [0.25, 0.3) is 0 Å². The number of nitrogens with one attached hydrogen (secondary N) is 1. The molecule has 1 heterocycles. The van der Waals surface area contributed by atoms with Crippen LogP contribution in [0.3, 0.4) is 0 Å². The highest BCUT2D eigenvalue weighted by Crippen LogP contribution is 2.22. The number of likely N-dealkylation sites (N-methyl/N-ethyl adjacent to an activating group) is 1. The van der Waals surface area contributed by atoms with E-state index in [0.29, 0.717) is 0 Å². The molecular formula is C10H16F3N3O.